The maximum Gasteiger partial charge on any atom is 0.217 e. The molecule has 1 saturated heterocycles. The van der Waals surface area contributed by atoms with E-state index in [1.54, 1.807) is 25.3 Å². The van der Waals surface area contributed by atoms with Crippen LogP contribution in [0.3, 0.4) is 0 Å². The topological polar surface area (TPSA) is 107 Å². The molecule has 8 heteroatoms. The minimum absolute atomic E-state index is 0.00531. The van der Waals surface area contributed by atoms with Crippen molar-refractivity contribution < 1.29 is 4.79 Å². The lowest BCUT2D eigenvalue weighted by Gasteiger charge is -2.18. The largest absolute Gasteiger partial charge is 0.354 e. The summed E-state index contributed by atoms with van der Waals surface area (Å²) in [6, 6.07) is 14.0. The van der Waals surface area contributed by atoms with Gasteiger partial charge in [-0.15, -0.1) is 0 Å². The van der Waals surface area contributed by atoms with Crippen LogP contribution >= 0.6 is 0 Å². The van der Waals surface area contributed by atoms with Crippen LogP contribution in [0.25, 0.3) is 11.3 Å². The summed E-state index contributed by atoms with van der Waals surface area (Å²) in [7, 11) is 0. The van der Waals surface area contributed by atoms with E-state index in [4.69, 9.17) is 10.2 Å². The van der Waals surface area contributed by atoms with Crippen molar-refractivity contribution in [2.75, 3.05) is 23.3 Å². The zero-order valence-electron chi connectivity index (χ0n) is 18.5. The maximum absolute atomic E-state index is 11.3. The highest BCUT2D eigenvalue weighted by Crippen LogP contribution is 2.42. The molecule has 0 spiro atoms. The van der Waals surface area contributed by atoms with Gasteiger partial charge in [-0.2, -0.15) is 5.26 Å². The lowest BCUT2D eigenvalue weighted by Crippen LogP contribution is -2.35. The minimum atomic E-state index is 0.00531. The van der Waals surface area contributed by atoms with Crippen molar-refractivity contribution in [2.24, 2.45) is 0 Å². The number of carbonyl (C=O) groups is 1. The number of pyridine rings is 3. The Bertz CT molecular complexity index is 1210. The summed E-state index contributed by atoms with van der Waals surface area (Å²) >= 11 is 0. The Morgan fingerprint density at radius 3 is 2.73 bits per heavy atom. The van der Waals surface area contributed by atoms with E-state index in [2.05, 4.69) is 43.7 Å². The van der Waals surface area contributed by atoms with Gasteiger partial charge in [0.05, 0.1) is 17.3 Å². The molecule has 2 aliphatic rings. The maximum atomic E-state index is 11.3. The van der Waals surface area contributed by atoms with E-state index in [-0.39, 0.29) is 11.9 Å². The molecule has 2 N–H and O–H groups in total. The Balaban J connectivity index is 1.37. The first kappa shape index (κ1) is 20.9. The van der Waals surface area contributed by atoms with Crippen LogP contribution in [0.1, 0.15) is 43.2 Å². The molecule has 0 bridgehead atoms. The van der Waals surface area contributed by atoms with Crippen molar-refractivity contribution in [1.29, 1.82) is 5.26 Å². The molecule has 0 unspecified atom stereocenters. The van der Waals surface area contributed by atoms with Crippen LogP contribution in [0, 0.1) is 11.3 Å². The zero-order valence-corrected chi connectivity index (χ0v) is 18.5. The number of nitrogens with zero attached hydrogens (tertiary/aromatic N) is 5. The second-order valence-corrected chi connectivity index (χ2v) is 8.65. The summed E-state index contributed by atoms with van der Waals surface area (Å²) < 4.78 is 0. The molecule has 0 radical (unpaired) electrons. The Morgan fingerprint density at radius 2 is 2.00 bits per heavy atom. The number of hydrogen-bond donors (Lipinski definition) is 2. The number of carbonyl (C=O) groups excluding carboxylic acids is 1. The summed E-state index contributed by atoms with van der Waals surface area (Å²) in [5, 5.41) is 15.4. The van der Waals surface area contributed by atoms with E-state index >= 15 is 0 Å². The van der Waals surface area contributed by atoms with Crippen LogP contribution in [0.5, 0.6) is 0 Å². The fraction of sp³-hybridized carbons (Fsp3) is 0.320. The van der Waals surface area contributed by atoms with Crippen molar-refractivity contribution in [1.82, 2.24) is 20.3 Å². The molecule has 2 fully saturated rings. The highest BCUT2D eigenvalue weighted by molar-refractivity contribution is 5.73. The summed E-state index contributed by atoms with van der Waals surface area (Å²) in [5.74, 6) is 2.77. The number of rotatable bonds is 6. The fourth-order valence-corrected chi connectivity index (χ4v) is 4.21. The predicted octanol–water partition coefficient (Wildman–Crippen LogP) is 3.75. The van der Waals surface area contributed by atoms with Gasteiger partial charge in [0.2, 0.25) is 5.91 Å². The van der Waals surface area contributed by atoms with E-state index in [0.29, 0.717) is 23.1 Å². The molecule has 1 aliphatic carbocycles. The van der Waals surface area contributed by atoms with Crippen molar-refractivity contribution in [3.05, 3.63) is 59.9 Å². The smallest absolute Gasteiger partial charge is 0.217 e. The number of anilines is 3. The van der Waals surface area contributed by atoms with Gasteiger partial charge in [-0.05, 0) is 67.1 Å². The van der Waals surface area contributed by atoms with Gasteiger partial charge in [0.25, 0.3) is 0 Å². The van der Waals surface area contributed by atoms with Crippen LogP contribution < -0.4 is 15.5 Å². The van der Waals surface area contributed by atoms with Gasteiger partial charge in [0.1, 0.15) is 17.5 Å². The first-order valence-electron chi connectivity index (χ1n) is 11.2. The second-order valence-electron chi connectivity index (χ2n) is 8.65. The lowest BCUT2D eigenvalue weighted by molar-refractivity contribution is -0.119. The molecule has 33 heavy (non-hydrogen) atoms. The molecule has 1 atom stereocenters. The predicted molar refractivity (Wildman–Crippen MR) is 126 cm³/mol. The Labute approximate surface area is 192 Å². The number of aromatic nitrogens is 3. The van der Waals surface area contributed by atoms with Gasteiger partial charge < -0.3 is 15.5 Å². The third kappa shape index (κ3) is 4.93. The first-order chi connectivity index (χ1) is 16.1. The molecule has 5 rings (SSSR count). The van der Waals surface area contributed by atoms with Crippen molar-refractivity contribution in [3.63, 3.8) is 0 Å². The summed E-state index contributed by atoms with van der Waals surface area (Å²) in [6.07, 6.45) is 6.77. The molecule has 4 heterocycles. The number of nitrogens with one attached hydrogen (secondary N) is 2. The normalized spacial score (nSPS) is 17.5. The fourth-order valence-electron chi connectivity index (χ4n) is 4.21. The average Bonchev–Trinajstić information content (AvgIpc) is 3.58. The molecule has 1 saturated carbocycles. The van der Waals surface area contributed by atoms with E-state index in [0.717, 1.165) is 36.6 Å². The summed E-state index contributed by atoms with van der Waals surface area (Å²) in [6.45, 7) is 3.19. The van der Waals surface area contributed by atoms with Crippen molar-refractivity contribution in [2.45, 2.75) is 38.1 Å². The van der Waals surface area contributed by atoms with Crippen LogP contribution in [-0.2, 0) is 4.79 Å². The molecule has 3 aromatic heterocycles. The lowest BCUT2D eigenvalue weighted by atomic mass is 10.1. The summed E-state index contributed by atoms with van der Waals surface area (Å²) in [5.41, 5.74) is 3.60. The first-order valence-corrected chi connectivity index (χ1v) is 11.2. The molecule has 0 aromatic carbocycles. The highest BCUT2D eigenvalue weighted by Gasteiger charge is 2.26. The molecule has 3 aromatic rings. The third-order valence-corrected chi connectivity index (χ3v) is 6.00. The molecular formula is C25H25N7O. The van der Waals surface area contributed by atoms with Crippen LogP contribution in [-0.4, -0.2) is 40.0 Å². The van der Waals surface area contributed by atoms with Gasteiger partial charge in [0, 0.05) is 44.0 Å². The monoisotopic (exact) mass is 439 g/mol. The molecule has 1 aliphatic heterocycles. The molecule has 1 amide bonds. The van der Waals surface area contributed by atoms with Crippen LogP contribution in [0.2, 0.25) is 0 Å². The van der Waals surface area contributed by atoms with Crippen molar-refractivity contribution >= 4 is 23.4 Å². The summed E-state index contributed by atoms with van der Waals surface area (Å²) in [4.78, 5) is 27.3. The van der Waals surface area contributed by atoms with Crippen molar-refractivity contribution in [3.8, 4) is 17.3 Å². The Morgan fingerprint density at radius 1 is 1.12 bits per heavy atom. The zero-order chi connectivity index (χ0) is 22.8. The van der Waals surface area contributed by atoms with Gasteiger partial charge in [-0.25, -0.2) is 15.0 Å². The third-order valence-electron chi connectivity index (χ3n) is 6.00. The van der Waals surface area contributed by atoms with E-state index < -0.39 is 0 Å². The number of nitriles is 1. The SMILES string of the molecule is CC(=O)N[C@@H]1CCN(c2ccc(-c3cc(C4CC4)cc(Nc4cc(C#N)ccn4)n3)cn2)C1. The molecule has 8 nitrogen and oxygen atoms in total. The number of amides is 1. The number of hydrogen-bond acceptors (Lipinski definition) is 7. The molecule has 166 valence electrons. The Hall–Kier alpha value is -3.99. The minimum Gasteiger partial charge on any atom is -0.354 e. The average molecular weight is 440 g/mol. The quantitative estimate of drug-likeness (QED) is 0.602. The van der Waals surface area contributed by atoms with E-state index in [1.807, 2.05) is 18.3 Å². The van der Waals surface area contributed by atoms with Crippen LogP contribution in [0.15, 0.2) is 48.8 Å². The van der Waals surface area contributed by atoms with Gasteiger partial charge >= 0.3 is 0 Å². The van der Waals surface area contributed by atoms with Gasteiger partial charge in [-0.3, -0.25) is 4.79 Å². The van der Waals surface area contributed by atoms with Gasteiger partial charge in [0.15, 0.2) is 0 Å². The Kier molecular flexibility index (Phi) is 5.61. The van der Waals surface area contributed by atoms with Crippen LogP contribution in [0.4, 0.5) is 17.5 Å². The second kappa shape index (κ2) is 8.87. The van der Waals surface area contributed by atoms with E-state index in [1.165, 1.54) is 18.4 Å². The molecular weight excluding hydrogens is 414 g/mol. The van der Waals surface area contributed by atoms with E-state index in [9.17, 15) is 4.79 Å². The standard InChI is InChI=1S/C25H25N7O/c1-16(33)29-21-7-9-32(15-21)25-5-4-19(14-28-25)22-11-20(18-2-3-18)12-24(30-22)31-23-10-17(13-26)6-8-27-23/h4-6,8,10-12,14,18,21H,2-3,7,9,15H2,1H3,(H,29,33)(H,27,30,31)/t21-/m1/s1. The van der Waals surface area contributed by atoms with Gasteiger partial charge in [-0.1, -0.05) is 0 Å². The highest BCUT2D eigenvalue weighted by atomic mass is 16.1.